The number of amides is 1. The molecule has 2 N–H and O–H groups in total. The van der Waals surface area contributed by atoms with Crippen LogP contribution in [0.25, 0.3) is 0 Å². The van der Waals surface area contributed by atoms with Crippen LogP contribution in [0.15, 0.2) is 22.8 Å². The average Bonchev–Trinajstić information content (AvgIpc) is 3.40. The van der Waals surface area contributed by atoms with Gasteiger partial charge in [-0.05, 0) is 51.3 Å². The van der Waals surface area contributed by atoms with Crippen molar-refractivity contribution in [3.05, 3.63) is 41.0 Å². The standard InChI is InChI=1S/C20H26N4O3/c1-13-15(3)24(12-16-6-4-8-26-16)20(17(13)10-21)23-19(25)11-22-14(2)18-7-5-9-27-18/h5,7,9,14,16,22H,4,6,8,11-12H2,1-3H3,(H,23,25)/t14-,16-/m1/s1. The molecule has 0 bridgehead atoms. The zero-order chi connectivity index (χ0) is 19.4. The van der Waals surface area contributed by atoms with Crippen molar-refractivity contribution in [1.82, 2.24) is 9.88 Å². The fourth-order valence-electron chi connectivity index (χ4n) is 3.41. The maximum atomic E-state index is 12.5. The van der Waals surface area contributed by atoms with Gasteiger partial charge in [0.15, 0.2) is 0 Å². The summed E-state index contributed by atoms with van der Waals surface area (Å²) in [6.45, 7) is 7.34. The van der Waals surface area contributed by atoms with E-state index >= 15 is 0 Å². The second kappa shape index (κ2) is 8.42. The van der Waals surface area contributed by atoms with Crippen molar-refractivity contribution in [3.8, 4) is 6.07 Å². The highest BCUT2D eigenvalue weighted by Crippen LogP contribution is 2.28. The van der Waals surface area contributed by atoms with E-state index in [0.717, 1.165) is 36.5 Å². The van der Waals surface area contributed by atoms with Crippen molar-refractivity contribution in [2.45, 2.75) is 52.3 Å². The Morgan fingerprint density at radius 1 is 1.48 bits per heavy atom. The van der Waals surface area contributed by atoms with Crippen molar-refractivity contribution < 1.29 is 13.9 Å². The van der Waals surface area contributed by atoms with Gasteiger partial charge in [-0.25, -0.2) is 0 Å². The molecule has 3 rings (SSSR count). The van der Waals surface area contributed by atoms with Crippen molar-refractivity contribution in [1.29, 1.82) is 5.26 Å². The lowest BCUT2D eigenvalue weighted by Crippen LogP contribution is -2.31. The Morgan fingerprint density at radius 3 is 2.93 bits per heavy atom. The summed E-state index contributed by atoms with van der Waals surface area (Å²) in [5.41, 5.74) is 2.38. The molecule has 7 heteroatoms. The number of nitriles is 1. The zero-order valence-corrected chi connectivity index (χ0v) is 16.0. The number of hydrogen-bond acceptors (Lipinski definition) is 5. The summed E-state index contributed by atoms with van der Waals surface area (Å²) in [4.78, 5) is 12.5. The highest BCUT2D eigenvalue weighted by molar-refractivity contribution is 5.93. The Morgan fingerprint density at radius 2 is 2.30 bits per heavy atom. The molecule has 1 amide bonds. The van der Waals surface area contributed by atoms with E-state index in [1.807, 2.05) is 37.5 Å². The van der Waals surface area contributed by atoms with Crippen molar-refractivity contribution >= 4 is 11.7 Å². The highest BCUT2D eigenvalue weighted by Gasteiger charge is 2.24. The molecule has 2 aromatic heterocycles. The SMILES string of the molecule is Cc1c(C#N)c(NC(=O)CN[C@H](C)c2ccco2)n(C[C@H]2CCCO2)c1C. The average molecular weight is 370 g/mol. The van der Waals surface area contributed by atoms with Gasteiger partial charge in [0.25, 0.3) is 0 Å². The maximum Gasteiger partial charge on any atom is 0.239 e. The molecule has 1 saturated heterocycles. The first-order valence-corrected chi connectivity index (χ1v) is 9.29. The van der Waals surface area contributed by atoms with Crippen molar-refractivity contribution in [2.75, 3.05) is 18.5 Å². The van der Waals surface area contributed by atoms with Gasteiger partial charge in [0.1, 0.15) is 17.6 Å². The minimum absolute atomic E-state index is 0.0802. The Labute approximate surface area is 159 Å². The second-order valence-electron chi connectivity index (χ2n) is 6.96. The topological polar surface area (TPSA) is 92.2 Å². The molecule has 27 heavy (non-hydrogen) atoms. The Hall–Kier alpha value is -2.56. The van der Waals surface area contributed by atoms with E-state index in [1.54, 1.807) is 6.26 Å². The summed E-state index contributed by atoms with van der Waals surface area (Å²) < 4.78 is 13.1. The van der Waals surface area contributed by atoms with Crippen LogP contribution in [0.1, 0.15) is 48.4 Å². The summed E-state index contributed by atoms with van der Waals surface area (Å²) in [7, 11) is 0. The van der Waals surface area contributed by atoms with Crippen LogP contribution in [0.2, 0.25) is 0 Å². The van der Waals surface area contributed by atoms with Gasteiger partial charge in [-0.2, -0.15) is 5.26 Å². The van der Waals surface area contributed by atoms with Crippen LogP contribution in [0, 0.1) is 25.2 Å². The van der Waals surface area contributed by atoms with Gasteiger partial charge >= 0.3 is 0 Å². The Bertz CT molecular complexity index is 827. The summed E-state index contributed by atoms with van der Waals surface area (Å²) in [6.07, 6.45) is 3.77. The molecule has 7 nitrogen and oxygen atoms in total. The van der Waals surface area contributed by atoms with Gasteiger partial charge in [0, 0.05) is 12.3 Å². The van der Waals surface area contributed by atoms with Gasteiger partial charge in [0.2, 0.25) is 5.91 Å². The lowest BCUT2D eigenvalue weighted by atomic mass is 10.2. The van der Waals surface area contributed by atoms with Gasteiger partial charge in [-0.3, -0.25) is 10.1 Å². The number of anilines is 1. The molecule has 1 fully saturated rings. The van der Waals surface area contributed by atoms with Crippen LogP contribution in [0.5, 0.6) is 0 Å². The fourth-order valence-corrected chi connectivity index (χ4v) is 3.41. The van der Waals surface area contributed by atoms with Gasteiger partial charge < -0.3 is 19.0 Å². The predicted octanol–water partition coefficient (Wildman–Crippen LogP) is 3.04. The van der Waals surface area contributed by atoms with E-state index in [2.05, 4.69) is 16.7 Å². The molecule has 1 aliphatic rings. The van der Waals surface area contributed by atoms with Crippen LogP contribution < -0.4 is 10.6 Å². The van der Waals surface area contributed by atoms with Gasteiger partial charge in [-0.1, -0.05) is 0 Å². The van der Waals surface area contributed by atoms with E-state index in [9.17, 15) is 10.1 Å². The largest absolute Gasteiger partial charge is 0.468 e. The Balaban J connectivity index is 1.71. The molecule has 144 valence electrons. The quantitative estimate of drug-likeness (QED) is 0.781. The fraction of sp³-hybridized carbons (Fsp3) is 0.500. The number of nitrogens with one attached hydrogen (secondary N) is 2. The second-order valence-corrected chi connectivity index (χ2v) is 6.96. The highest BCUT2D eigenvalue weighted by atomic mass is 16.5. The summed E-state index contributed by atoms with van der Waals surface area (Å²) in [5.74, 6) is 1.13. The monoisotopic (exact) mass is 370 g/mol. The third-order valence-electron chi connectivity index (χ3n) is 5.15. The molecule has 2 aromatic rings. The number of carbonyl (C=O) groups is 1. The lowest BCUT2D eigenvalue weighted by Gasteiger charge is -2.17. The van der Waals surface area contributed by atoms with Crippen molar-refractivity contribution in [3.63, 3.8) is 0 Å². The van der Waals surface area contributed by atoms with E-state index in [-0.39, 0.29) is 24.6 Å². The molecular formula is C20H26N4O3. The number of ether oxygens (including phenoxy) is 1. The van der Waals surface area contributed by atoms with E-state index < -0.39 is 0 Å². The number of hydrogen-bond donors (Lipinski definition) is 2. The smallest absolute Gasteiger partial charge is 0.239 e. The predicted molar refractivity (Wildman–Crippen MR) is 101 cm³/mol. The first kappa shape index (κ1) is 19.2. The molecule has 2 atom stereocenters. The van der Waals surface area contributed by atoms with Crippen LogP contribution in [0.4, 0.5) is 5.82 Å². The minimum atomic E-state index is -0.198. The van der Waals surface area contributed by atoms with Gasteiger partial charge in [0.05, 0.1) is 37.1 Å². The summed E-state index contributed by atoms with van der Waals surface area (Å²) in [6, 6.07) is 5.83. The first-order valence-electron chi connectivity index (χ1n) is 9.29. The number of aromatic nitrogens is 1. The normalized spacial score (nSPS) is 17.6. The zero-order valence-electron chi connectivity index (χ0n) is 16.0. The molecule has 0 aromatic carbocycles. The first-order chi connectivity index (χ1) is 13.0. The molecule has 1 aliphatic heterocycles. The van der Waals surface area contributed by atoms with Crippen LogP contribution >= 0.6 is 0 Å². The van der Waals surface area contributed by atoms with E-state index in [1.165, 1.54) is 0 Å². The number of nitrogens with zero attached hydrogens (tertiary/aromatic N) is 2. The lowest BCUT2D eigenvalue weighted by molar-refractivity contribution is -0.115. The van der Waals surface area contributed by atoms with Crippen molar-refractivity contribution in [2.24, 2.45) is 0 Å². The summed E-state index contributed by atoms with van der Waals surface area (Å²) in [5, 5.41) is 15.6. The van der Waals surface area contributed by atoms with E-state index in [0.29, 0.717) is 17.9 Å². The summed E-state index contributed by atoms with van der Waals surface area (Å²) >= 11 is 0. The minimum Gasteiger partial charge on any atom is -0.468 e. The number of carbonyl (C=O) groups excluding carboxylic acids is 1. The van der Waals surface area contributed by atoms with E-state index in [4.69, 9.17) is 9.15 Å². The van der Waals surface area contributed by atoms with Crippen LogP contribution in [0.3, 0.4) is 0 Å². The number of rotatable bonds is 7. The van der Waals surface area contributed by atoms with Gasteiger partial charge in [-0.15, -0.1) is 0 Å². The Kier molecular flexibility index (Phi) is 5.99. The number of furan rings is 1. The van der Waals surface area contributed by atoms with Crippen LogP contribution in [-0.2, 0) is 16.1 Å². The molecule has 0 aliphatic carbocycles. The van der Waals surface area contributed by atoms with Crippen LogP contribution in [-0.4, -0.2) is 29.7 Å². The third kappa shape index (κ3) is 4.24. The molecule has 0 unspecified atom stereocenters. The molecular weight excluding hydrogens is 344 g/mol. The molecule has 0 radical (unpaired) electrons. The molecule has 3 heterocycles. The maximum absolute atomic E-state index is 12.5. The molecule has 0 spiro atoms. The third-order valence-corrected chi connectivity index (χ3v) is 5.15. The molecule has 0 saturated carbocycles.